The number of nitrogens with zero attached hydrogens (tertiary/aromatic N) is 3. The van der Waals surface area contributed by atoms with Crippen molar-refractivity contribution in [2.24, 2.45) is 5.73 Å². The lowest BCUT2D eigenvalue weighted by atomic mass is 9.96. The summed E-state index contributed by atoms with van der Waals surface area (Å²) in [5.41, 5.74) is 11.4. The van der Waals surface area contributed by atoms with Crippen LogP contribution in [0.4, 0.5) is 0 Å². The second-order valence-corrected chi connectivity index (χ2v) is 5.17. The highest BCUT2D eigenvalue weighted by molar-refractivity contribution is 5.79. The number of pyridine rings is 1. The van der Waals surface area contributed by atoms with Crippen LogP contribution in [0.15, 0.2) is 42.6 Å². The first-order valence-corrected chi connectivity index (χ1v) is 7.12. The minimum atomic E-state index is -0.196. The van der Waals surface area contributed by atoms with Gasteiger partial charge in [0.25, 0.3) is 0 Å². The summed E-state index contributed by atoms with van der Waals surface area (Å²) in [6.07, 6.45) is 2.62. The molecule has 0 saturated heterocycles. The fraction of sp³-hybridized carbons (Fsp3) is 0.235. The van der Waals surface area contributed by atoms with Gasteiger partial charge in [-0.05, 0) is 48.7 Å². The van der Waals surface area contributed by atoms with Crippen molar-refractivity contribution in [3.05, 3.63) is 65.1 Å². The molecule has 3 aromatic rings. The van der Waals surface area contributed by atoms with Gasteiger partial charge in [-0.2, -0.15) is 10.2 Å². The molecule has 2 heterocycles. The molecule has 0 spiro atoms. The normalized spacial score (nSPS) is 12.5. The maximum atomic E-state index is 6.46. The Morgan fingerprint density at radius 2 is 2.00 bits per heavy atom. The first-order valence-electron chi connectivity index (χ1n) is 7.12. The Kier molecular flexibility index (Phi) is 3.62. The maximum absolute atomic E-state index is 6.46. The van der Waals surface area contributed by atoms with E-state index in [-0.39, 0.29) is 6.04 Å². The van der Waals surface area contributed by atoms with Gasteiger partial charge in [0.05, 0.1) is 22.9 Å². The van der Waals surface area contributed by atoms with Gasteiger partial charge in [0.1, 0.15) is 0 Å². The minimum Gasteiger partial charge on any atom is -0.320 e. The maximum Gasteiger partial charge on any atom is 0.0702 e. The van der Waals surface area contributed by atoms with Crippen molar-refractivity contribution in [1.82, 2.24) is 15.2 Å². The molecular formula is C17H18N4. The fourth-order valence-electron chi connectivity index (χ4n) is 2.55. The van der Waals surface area contributed by atoms with E-state index >= 15 is 0 Å². The van der Waals surface area contributed by atoms with E-state index in [0.29, 0.717) is 0 Å². The largest absolute Gasteiger partial charge is 0.320 e. The summed E-state index contributed by atoms with van der Waals surface area (Å²) in [6.45, 7) is 4.01. The van der Waals surface area contributed by atoms with E-state index in [4.69, 9.17) is 5.73 Å². The van der Waals surface area contributed by atoms with Gasteiger partial charge in [-0.15, -0.1) is 0 Å². The minimum absolute atomic E-state index is 0.196. The van der Waals surface area contributed by atoms with E-state index in [0.717, 1.165) is 39.8 Å². The fourth-order valence-corrected chi connectivity index (χ4v) is 2.55. The number of aryl methyl sites for hydroxylation is 2. The van der Waals surface area contributed by atoms with E-state index in [9.17, 15) is 0 Å². The molecule has 2 aromatic heterocycles. The molecule has 2 N–H and O–H groups in total. The standard InChI is InChI=1S/C17H18N4/c1-3-15-14(9-11(2)20-21-15)17(18)13-6-7-16-12(10-13)5-4-8-19-16/h4-10,17H,3,18H2,1-2H3. The molecule has 0 bridgehead atoms. The van der Waals surface area contributed by atoms with Gasteiger partial charge in [-0.1, -0.05) is 19.1 Å². The molecule has 0 saturated carbocycles. The summed E-state index contributed by atoms with van der Waals surface area (Å²) >= 11 is 0. The van der Waals surface area contributed by atoms with Crippen LogP contribution in [0.25, 0.3) is 10.9 Å². The van der Waals surface area contributed by atoms with E-state index in [1.54, 1.807) is 6.20 Å². The average molecular weight is 278 g/mol. The number of hydrogen-bond donors (Lipinski definition) is 1. The summed E-state index contributed by atoms with van der Waals surface area (Å²) in [5, 5.41) is 9.48. The summed E-state index contributed by atoms with van der Waals surface area (Å²) in [6, 6.07) is 12.0. The molecule has 0 aliphatic heterocycles. The van der Waals surface area contributed by atoms with Gasteiger partial charge < -0.3 is 5.73 Å². The van der Waals surface area contributed by atoms with Crippen LogP contribution in [0.1, 0.15) is 35.5 Å². The number of fused-ring (bicyclic) bond motifs is 1. The first-order chi connectivity index (χ1) is 10.2. The molecule has 0 aliphatic rings. The lowest BCUT2D eigenvalue weighted by Crippen LogP contribution is -2.16. The highest BCUT2D eigenvalue weighted by Crippen LogP contribution is 2.25. The molecule has 4 nitrogen and oxygen atoms in total. The van der Waals surface area contributed by atoms with Crippen LogP contribution in [-0.2, 0) is 6.42 Å². The van der Waals surface area contributed by atoms with Gasteiger partial charge in [-0.3, -0.25) is 4.98 Å². The Morgan fingerprint density at radius 3 is 2.81 bits per heavy atom. The summed E-state index contributed by atoms with van der Waals surface area (Å²) in [4.78, 5) is 4.34. The predicted molar refractivity (Wildman–Crippen MR) is 83.9 cm³/mol. The molecule has 3 rings (SSSR count). The first kappa shape index (κ1) is 13.6. The molecule has 0 radical (unpaired) electrons. The van der Waals surface area contributed by atoms with Crippen molar-refractivity contribution in [3.63, 3.8) is 0 Å². The predicted octanol–water partition coefficient (Wildman–Crippen LogP) is 2.94. The lowest BCUT2D eigenvalue weighted by Gasteiger charge is -2.16. The number of aromatic nitrogens is 3. The lowest BCUT2D eigenvalue weighted by molar-refractivity contribution is 0.790. The summed E-state index contributed by atoms with van der Waals surface area (Å²) in [5.74, 6) is 0. The number of hydrogen-bond acceptors (Lipinski definition) is 4. The smallest absolute Gasteiger partial charge is 0.0702 e. The number of nitrogens with two attached hydrogens (primary N) is 1. The van der Waals surface area contributed by atoms with Crippen molar-refractivity contribution in [2.45, 2.75) is 26.3 Å². The van der Waals surface area contributed by atoms with E-state index in [1.807, 2.05) is 31.2 Å². The zero-order valence-corrected chi connectivity index (χ0v) is 12.2. The molecule has 1 atom stereocenters. The van der Waals surface area contributed by atoms with Crippen LogP contribution < -0.4 is 5.73 Å². The molecule has 0 fully saturated rings. The van der Waals surface area contributed by atoms with Gasteiger partial charge in [0.2, 0.25) is 0 Å². The highest BCUT2D eigenvalue weighted by atomic mass is 15.1. The van der Waals surface area contributed by atoms with Crippen molar-refractivity contribution >= 4 is 10.9 Å². The van der Waals surface area contributed by atoms with Crippen molar-refractivity contribution in [2.75, 3.05) is 0 Å². The van der Waals surface area contributed by atoms with E-state index < -0.39 is 0 Å². The van der Waals surface area contributed by atoms with Crippen LogP contribution in [0.5, 0.6) is 0 Å². The molecule has 4 heteroatoms. The summed E-state index contributed by atoms with van der Waals surface area (Å²) in [7, 11) is 0. The summed E-state index contributed by atoms with van der Waals surface area (Å²) < 4.78 is 0. The van der Waals surface area contributed by atoms with Crippen LogP contribution in [0, 0.1) is 6.92 Å². The molecule has 0 aliphatic carbocycles. The third-order valence-electron chi connectivity index (χ3n) is 3.68. The molecule has 21 heavy (non-hydrogen) atoms. The molecule has 1 unspecified atom stereocenters. The SMILES string of the molecule is CCc1nnc(C)cc1C(N)c1ccc2ncccc2c1. The zero-order chi connectivity index (χ0) is 14.8. The van der Waals surface area contributed by atoms with Crippen LogP contribution in [-0.4, -0.2) is 15.2 Å². The van der Waals surface area contributed by atoms with Crippen molar-refractivity contribution in [1.29, 1.82) is 0 Å². The molecule has 1 aromatic carbocycles. The Bertz CT molecular complexity index is 783. The molecular weight excluding hydrogens is 260 g/mol. The number of benzene rings is 1. The second-order valence-electron chi connectivity index (χ2n) is 5.17. The van der Waals surface area contributed by atoms with E-state index in [1.165, 1.54) is 0 Å². The third kappa shape index (κ3) is 2.62. The second kappa shape index (κ2) is 5.58. The van der Waals surface area contributed by atoms with Gasteiger partial charge in [0, 0.05) is 11.6 Å². The number of rotatable bonds is 3. The highest BCUT2D eigenvalue weighted by Gasteiger charge is 2.15. The van der Waals surface area contributed by atoms with Crippen molar-refractivity contribution in [3.8, 4) is 0 Å². The van der Waals surface area contributed by atoms with E-state index in [2.05, 4.69) is 34.2 Å². The average Bonchev–Trinajstić information content (AvgIpc) is 2.53. The zero-order valence-electron chi connectivity index (χ0n) is 12.2. The molecule has 106 valence electrons. The Labute approximate surface area is 124 Å². The van der Waals surface area contributed by atoms with Gasteiger partial charge in [-0.25, -0.2) is 0 Å². The Balaban J connectivity index is 2.07. The molecule has 0 amide bonds. The van der Waals surface area contributed by atoms with Gasteiger partial charge >= 0.3 is 0 Å². The third-order valence-corrected chi connectivity index (χ3v) is 3.68. The monoisotopic (exact) mass is 278 g/mol. The van der Waals surface area contributed by atoms with Crippen molar-refractivity contribution < 1.29 is 0 Å². The Hall–Kier alpha value is -2.33. The van der Waals surface area contributed by atoms with Crippen LogP contribution >= 0.6 is 0 Å². The quantitative estimate of drug-likeness (QED) is 0.800. The van der Waals surface area contributed by atoms with Gasteiger partial charge in [0.15, 0.2) is 0 Å². The van der Waals surface area contributed by atoms with Crippen LogP contribution in [0.2, 0.25) is 0 Å². The Morgan fingerprint density at radius 1 is 1.14 bits per heavy atom. The van der Waals surface area contributed by atoms with Crippen LogP contribution in [0.3, 0.4) is 0 Å². The topological polar surface area (TPSA) is 64.7 Å².